The van der Waals surface area contributed by atoms with E-state index < -0.39 is 0 Å². The molecule has 2 aliphatic heterocycles. The van der Waals surface area contributed by atoms with Crippen LogP contribution in [0.25, 0.3) is 44.8 Å². The summed E-state index contributed by atoms with van der Waals surface area (Å²) in [4.78, 5) is 5.05. The normalized spacial score (nSPS) is 17.5. The van der Waals surface area contributed by atoms with Crippen molar-refractivity contribution in [1.29, 1.82) is 0 Å². The molecule has 266 valence electrons. The zero-order chi connectivity index (χ0) is 36.2. The van der Waals surface area contributed by atoms with Gasteiger partial charge in [-0.1, -0.05) is 123 Å². The Hall–Kier alpha value is -5.60. The van der Waals surface area contributed by atoms with E-state index in [4.69, 9.17) is 0 Å². The van der Waals surface area contributed by atoms with Crippen LogP contribution in [-0.4, -0.2) is 13.1 Å². The van der Waals surface area contributed by atoms with E-state index in [1.807, 2.05) is 0 Å². The molecular weight excluding hydrogens is 653 g/mol. The molecule has 0 fully saturated rings. The van der Waals surface area contributed by atoms with Crippen LogP contribution in [-0.2, 0) is 18.3 Å². The predicted molar refractivity (Wildman–Crippen MR) is 232 cm³/mol. The Morgan fingerprint density at radius 1 is 0.537 bits per heavy atom. The standard InChI is InChI=1S/C52H48N2/c1-3-29-52(4-2)48-33-37(20-26-46(48)47-28-24-43(35-49(47)52)54-31-10-14-39-12-6-8-16-51(39)54)18-17-36-19-25-44-40(32-36)21-22-41-34-42(23-27-45(41)44)53-30-9-13-38-11-5-7-15-50(38)53/h5-8,11-12,15-28,32-35H,3-4,9-10,13-14,29-31H2,1-2H3/b18-17+. The second-order valence-electron chi connectivity index (χ2n) is 15.8. The van der Waals surface area contributed by atoms with Crippen molar-refractivity contribution in [1.82, 2.24) is 0 Å². The van der Waals surface area contributed by atoms with Gasteiger partial charge in [-0.25, -0.2) is 0 Å². The fraction of sp³-hybridized carbons (Fsp3) is 0.231. The number of aryl methyl sites for hydroxylation is 2. The Balaban J connectivity index is 0.950. The zero-order valence-electron chi connectivity index (χ0n) is 31.6. The molecule has 10 rings (SSSR count). The van der Waals surface area contributed by atoms with Crippen LogP contribution in [0, 0.1) is 0 Å². The number of rotatable bonds is 7. The quantitative estimate of drug-likeness (QED) is 0.121. The lowest BCUT2D eigenvalue weighted by atomic mass is 9.72. The van der Waals surface area contributed by atoms with E-state index in [-0.39, 0.29) is 5.41 Å². The second-order valence-corrected chi connectivity index (χ2v) is 15.8. The molecule has 7 aromatic rings. The highest BCUT2D eigenvalue weighted by molar-refractivity contribution is 6.09. The van der Waals surface area contributed by atoms with Gasteiger partial charge in [0.25, 0.3) is 0 Å². The highest BCUT2D eigenvalue weighted by Crippen LogP contribution is 2.55. The van der Waals surface area contributed by atoms with Crippen molar-refractivity contribution in [2.45, 2.75) is 64.2 Å². The van der Waals surface area contributed by atoms with E-state index in [0.717, 1.165) is 38.8 Å². The van der Waals surface area contributed by atoms with E-state index >= 15 is 0 Å². The van der Waals surface area contributed by atoms with Gasteiger partial charge in [0.2, 0.25) is 0 Å². The number of fused-ring (bicyclic) bond motifs is 8. The first-order valence-corrected chi connectivity index (χ1v) is 20.3. The van der Waals surface area contributed by atoms with Gasteiger partial charge in [0.15, 0.2) is 0 Å². The highest BCUT2D eigenvalue weighted by Gasteiger charge is 2.41. The van der Waals surface area contributed by atoms with Crippen LogP contribution in [0.15, 0.2) is 133 Å². The molecule has 54 heavy (non-hydrogen) atoms. The van der Waals surface area contributed by atoms with Crippen LogP contribution in [0.5, 0.6) is 0 Å². The number of hydrogen-bond acceptors (Lipinski definition) is 2. The molecule has 0 radical (unpaired) electrons. The summed E-state index contributed by atoms with van der Waals surface area (Å²) in [6.07, 6.45) is 12.7. The Bertz CT molecular complexity index is 2590. The Kier molecular flexibility index (Phi) is 8.17. The number of anilines is 4. The third kappa shape index (κ3) is 5.37. The van der Waals surface area contributed by atoms with Gasteiger partial charge in [0, 0.05) is 41.3 Å². The van der Waals surface area contributed by atoms with E-state index in [1.54, 1.807) is 0 Å². The van der Waals surface area contributed by atoms with Crippen LogP contribution in [0.1, 0.15) is 79.3 Å². The van der Waals surface area contributed by atoms with Gasteiger partial charge in [-0.2, -0.15) is 0 Å². The van der Waals surface area contributed by atoms with Crippen molar-refractivity contribution in [3.8, 4) is 11.1 Å². The van der Waals surface area contributed by atoms with Crippen LogP contribution >= 0.6 is 0 Å². The van der Waals surface area contributed by atoms with Crippen molar-refractivity contribution in [2.75, 3.05) is 22.9 Å². The van der Waals surface area contributed by atoms with Crippen molar-refractivity contribution in [2.24, 2.45) is 0 Å². The maximum atomic E-state index is 2.56. The van der Waals surface area contributed by atoms with E-state index in [9.17, 15) is 0 Å². The minimum absolute atomic E-state index is 0.0236. The summed E-state index contributed by atoms with van der Waals surface area (Å²) in [5.74, 6) is 0. The molecular formula is C52H48N2. The van der Waals surface area contributed by atoms with Crippen molar-refractivity contribution in [3.05, 3.63) is 167 Å². The molecule has 1 atom stereocenters. The van der Waals surface area contributed by atoms with Gasteiger partial charge < -0.3 is 9.80 Å². The predicted octanol–water partition coefficient (Wildman–Crippen LogP) is 13.8. The maximum absolute atomic E-state index is 2.56. The molecule has 0 saturated heterocycles. The average molecular weight is 701 g/mol. The Labute approximate surface area is 320 Å². The number of nitrogens with zero attached hydrogens (tertiary/aromatic N) is 2. The summed E-state index contributed by atoms with van der Waals surface area (Å²) in [6.45, 7) is 6.88. The molecule has 2 heteroatoms. The lowest BCUT2D eigenvalue weighted by Crippen LogP contribution is -2.26. The van der Waals surface area contributed by atoms with Crippen molar-refractivity contribution >= 4 is 56.4 Å². The summed E-state index contributed by atoms with van der Waals surface area (Å²) in [5.41, 5.74) is 16.6. The van der Waals surface area contributed by atoms with Crippen LogP contribution in [0.4, 0.5) is 22.7 Å². The third-order valence-electron chi connectivity index (χ3n) is 12.8. The zero-order valence-corrected chi connectivity index (χ0v) is 31.6. The van der Waals surface area contributed by atoms with Crippen LogP contribution < -0.4 is 9.80 Å². The molecule has 0 saturated carbocycles. The molecule has 2 nitrogen and oxygen atoms in total. The first-order chi connectivity index (χ1) is 26.6. The minimum Gasteiger partial charge on any atom is -0.341 e. The second kappa shape index (κ2) is 13.4. The molecule has 7 aromatic carbocycles. The largest absolute Gasteiger partial charge is 0.341 e. The monoisotopic (exact) mass is 700 g/mol. The molecule has 3 aliphatic rings. The van der Waals surface area contributed by atoms with Crippen LogP contribution in [0.2, 0.25) is 0 Å². The van der Waals surface area contributed by atoms with E-state index in [1.165, 1.54) is 108 Å². The number of benzene rings is 7. The van der Waals surface area contributed by atoms with Crippen LogP contribution in [0.3, 0.4) is 0 Å². The summed E-state index contributed by atoms with van der Waals surface area (Å²) in [5, 5.41) is 5.20. The first-order valence-electron chi connectivity index (χ1n) is 20.3. The van der Waals surface area contributed by atoms with E-state index in [2.05, 4.69) is 169 Å². The van der Waals surface area contributed by atoms with Gasteiger partial charge in [-0.15, -0.1) is 0 Å². The maximum Gasteiger partial charge on any atom is 0.0443 e. The molecule has 2 heterocycles. The first kappa shape index (κ1) is 33.0. The summed E-state index contributed by atoms with van der Waals surface area (Å²) < 4.78 is 0. The lowest BCUT2D eigenvalue weighted by molar-refractivity contribution is 0.461. The van der Waals surface area contributed by atoms with Gasteiger partial charge >= 0.3 is 0 Å². The van der Waals surface area contributed by atoms with Gasteiger partial charge in [0.05, 0.1) is 0 Å². The molecule has 1 aliphatic carbocycles. The topological polar surface area (TPSA) is 6.48 Å². The molecule has 0 bridgehead atoms. The smallest absolute Gasteiger partial charge is 0.0443 e. The highest BCUT2D eigenvalue weighted by atomic mass is 15.1. The molecule has 0 amide bonds. The fourth-order valence-electron chi connectivity index (χ4n) is 10.2. The van der Waals surface area contributed by atoms with Gasteiger partial charge in [-0.05, 0) is 147 Å². The average Bonchev–Trinajstić information content (AvgIpc) is 3.50. The number of hydrogen-bond donors (Lipinski definition) is 0. The minimum atomic E-state index is 0.0236. The van der Waals surface area contributed by atoms with Gasteiger partial charge in [0.1, 0.15) is 0 Å². The molecule has 0 N–H and O–H groups in total. The van der Waals surface area contributed by atoms with Crippen molar-refractivity contribution < 1.29 is 0 Å². The molecule has 1 unspecified atom stereocenters. The number of para-hydroxylation sites is 2. The molecule has 0 spiro atoms. The van der Waals surface area contributed by atoms with Gasteiger partial charge in [-0.3, -0.25) is 0 Å². The Morgan fingerprint density at radius 3 is 1.74 bits per heavy atom. The van der Waals surface area contributed by atoms with E-state index in [0.29, 0.717) is 0 Å². The summed E-state index contributed by atoms with van der Waals surface area (Å²) in [7, 11) is 0. The summed E-state index contributed by atoms with van der Waals surface area (Å²) in [6, 6.07) is 50.9. The Morgan fingerprint density at radius 2 is 1.07 bits per heavy atom. The third-order valence-corrected chi connectivity index (χ3v) is 12.8. The SMILES string of the molecule is CCCC1(CC)c2cc(/C=C/c3ccc4c(ccc5cc(N6CCCc7ccccc76)ccc54)c3)ccc2-c2ccc(N3CCCc4ccccc43)cc21. The molecule has 0 aromatic heterocycles. The summed E-state index contributed by atoms with van der Waals surface area (Å²) >= 11 is 0. The lowest BCUT2D eigenvalue weighted by Gasteiger charge is -2.34. The van der Waals surface area contributed by atoms with Crippen molar-refractivity contribution in [3.63, 3.8) is 0 Å². The fourth-order valence-corrected chi connectivity index (χ4v) is 10.2.